The lowest BCUT2D eigenvalue weighted by molar-refractivity contribution is 0.0952. The molecule has 1 amide bonds. The Morgan fingerprint density at radius 2 is 1.93 bits per heavy atom. The van der Waals surface area contributed by atoms with Gasteiger partial charge in [-0.05, 0) is 55.0 Å². The molecule has 2 aromatic heterocycles. The molecule has 0 saturated heterocycles. The van der Waals surface area contributed by atoms with Crippen LogP contribution in [0.5, 0.6) is 0 Å². The van der Waals surface area contributed by atoms with E-state index in [0.29, 0.717) is 25.1 Å². The number of aryl methyl sites for hydroxylation is 1. The molecule has 0 aliphatic heterocycles. The van der Waals surface area contributed by atoms with Gasteiger partial charge in [0.15, 0.2) is 0 Å². The normalized spacial score (nSPS) is 11.4. The van der Waals surface area contributed by atoms with Crippen LogP contribution in [0.1, 0.15) is 28.1 Å². The number of amides is 1. The van der Waals surface area contributed by atoms with Crippen molar-refractivity contribution in [2.24, 2.45) is 0 Å². The average Bonchev–Trinajstić information content (AvgIpc) is 3.42. The first-order valence-corrected chi connectivity index (χ1v) is 11.8. The number of unbranched alkanes of at least 4 members (excludes halogenated alkanes) is 1. The van der Waals surface area contributed by atoms with Crippen LogP contribution in [0, 0.1) is 0 Å². The number of thiophene rings is 1. The van der Waals surface area contributed by atoms with Crippen LogP contribution in [0.2, 0.25) is 0 Å². The van der Waals surface area contributed by atoms with Crippen LogP contribution in [0.3, 0.4) is 0 Å². The fourth-order valence-corrected chi connectivity index (χ4v) is 4.52. The number of carbonyl (C=O) groups excluding carboxylic acids is 1. The molecule has 1 aromatic carbocycles. The van der Waals surface area contributed by atoms with Gasteiger partial charge in [0, 0.05) is 42.5 Å². The summed E-state index contributed by atoms with van der Waals surface area (Å²) >= 11 is 1.60. The summed E-state index contributed by atoms with van der Waals surface area (Å²) in [5.41, 5.74) is 0.442. The summed E-state index contributed by atoms with van der Waals surface area (Å²) in [5.74, 6) is -0.206. The maximum absolute atomic E-state index is 12.4. The number of imidazole rings is 1. The van der Waals surface area contributed by atoms with Gasteiger partial charge in [-0.25, -0.2) is 18.1 Å². The Morgan fingerprint density at radius 1 is 1.10 bits per heavy atom. The van der Waals surface area contributed by atoms with Crippen molar-refractivity contribution in [2.45, 2.75) is 30.7 Å². The van der Waals surface area contributed by atoms with Gasteiger partial charge in [0.2, 0.25) is 10.0 Å². The van der Waals surface area contributed by atoms with E-state index in [1.165, 1.54) is 24.3 Å². The molecule has 2 heterocycles. The number of nitrogens with zero attached hydrogens (tertiary/aromatic N) is 2. The second-order valence-electron chi connectivity index (χ2n) is 6.52. The molecule has 9 heteroatoms. The maximum Gasteiger partial charge on any atom is 0.251 e. The summed E-state index contributed by atoms with van der Waals surface area (Å²) in [6.07, 6.45) is 7.86. The number of hydrogen-bond donors (Lipinski definition) is 2. The Morgan fingerprint density at radius 3 is 2.62 bits per heavy atom. The van der Waals surface area contributed by atoms with Gasteiger partial charge in [0.25, 0.3) is 5.91 Å². The number of hydrogen-bond acceptors (Lipinski definition) is 5. The van der Waals surface area contributed by atoms with Crippen molar-refractivity contribution in [2.75, 3.05) is 13.1 Å². The van der Waals surface area contributed by atoms with Gasteiger partial charge in [0.05, 0.1) is 11.2 Å². The minimum atomic E-state index is -3.59. The predicted molar refractivity (Wildman–Crippen MR) is 113 cm³/mol. The van der Waals surface area contributed by atoms with Crippen molar-refractivity contribution in [1.29, 1.82) is 0 Å². The highest BCUT2D eigenvalue weighted by molar-refractivity contribution is 7.89. The largest absolute Gasteiger partial charge is 0.352 e. The van der Waals surface area contributed by atoms with E-state index in [2.05, 4.69) is 15.0 Å². The fourth-order valence-electron chi connectivity index (χ4n) is 2.77. The number of sulfonamides is 1. The molecule has 0 bridgehead atoms. The van der Waals surface area contributed by atoms with Crippen molar-refractivity contribution >= 4 is 27.3 Å². The number of aromatic nitrogens is 2. The highest BCUT2D eigenvalue weighted by Gasteiger charge is 2.14. The third kappa shape index (κ3) is 6.52. The average molecular weight is 433 g/mol. The van der Waals surface area contributed by atoms with Crippen molar-refractivity contribution in [1.82, 2.24) is 19.6 Å². The van der Waals surface area contributed by atoms with Crippen LogP contribution < -0.4 is 10.0 Å². The van der Waals surface area contributed by atoms with Gasteiger partial charge in [0.1, 0.15) is 0 Å². The zero-order valence-corrected chi connectivity index (χ0v) is 17.6. The van der Waals surface area contributed by atoms with E-state index in [4.69, 9.17) is 0 Å². The molecular weight excluding hydrogens is 408 g/mol. The topological polar surface area (TPSA) is 93.1 Å². The van der Waals surface area contributed by atoms with Gasteiger partial charge in [-0.3, -0.25) is 4.79 Å². The van der Waals surface area contributed by atoms with E-state index in [1.807, 2.05) is 28.3 Å². The molecule has 0 atom stereocenters. The summed E-state index contributed by atoms with van der Waals surface area (Å²) < 4.78 is 29.3. The first kappa shape index (κ1) is 21.2. The van der Waals surface area contributed by atoms with Gasteiger partial charge in [-0.15, -0.1) is 11.3 Å². The molecule has 0 saturated carbocycles. The summed E-state index contributed by atoms with van der Waals surface area (Å²) in [5, 5.41) is 4.83. The molecule has 0 radical (unpaired) electrons. The molecule has 3 aromatic rings. The lowest BCUT2D eigenvalue weighted by Crippen LogP contribution is -2.26. The molecule has 0 fully saturated rings. The Balaban J connectivity index is 1.42. The van der Waals surface area contributed by atoms with Crippen molar-refractivity contribution in [3.8, 4) is 0 Å². The summed E-state index contributed by atoms with van der Waals surface area (Å²) in [6.45, 7) is 1.77. The quantitative estimate of drug-likeness (QED) is 0.456. The van der Waals surface area contributed by atoms with E-state index in [9.17, 15) is 13.2 Å². The van der Waals surface area contributed by atoms with Crippen LogP contribution in [0.25, 0.3) is 0 Å². The molecule has 154 valence electrons. The third-order valence-electron chi connectivity index (χ3n) is 4.36. The van der Waals surface area contributed by atoms with Crippen LogP contribution in [0.4, 0.5) is 0 Å². The van der Waals surface area contributed by atoms with E-state index in [0.717, 1.165) is 24.3 Å². The minimum Gasteiger partial charge on any atom is -0.352 e. The fraction of sp³-hybridized carbons (Fsp3) is 0.300. The molecule has 2 N–H and O–H groups in total. The van der Waals surface area contributed by atoms with Gasteiger partial charge in [-0.1, -0.05) is 6.07 Å². The Hall–Kier alpha value is -2.49. The highest BCUT2D eigenvalue weighted by atomic mass is 32.2. The van der Waals surface area contributed by atoms with E-state index in [-0.39, 0.29) is 10.8 Å². The standard InChI is InChI=1S/C20H24N4O3S2/c25-20(22-10-1-2-13-24-14-12-21-16-24)17-5-7-19(8-6-17)29(26,27)23-11-9-18-4-3-15-28-18/h3-8,12,14-16,23H,1-2,9-11,13H2,(H,22,25). The lowest BCUT2D eigenvalue weighted by atomic mass is 10.2. The van der Waals surface area contributed by atoms with Gasteiger partial charge in [-0.2, -0.15) is 0 Å². The SMILES string of the molecule is O=C(NCCCCn1ccnc1)c1ccc(S(=O)(=O)NCCc2cccs2)cc1. The van der Waals surface area contributed by atoms with Crippen molar-refractivity contribution in [3.05, 3.63) is 70.9 Å². The molecule has 0 aliphatic rings. The monoisotopic (exact) mass is 432 g/mol. The smallest absolute Gasteiger partial charge is 0.251 e. The molecule has 7 nitrogen and oxygen atoms in total. The lowest BCUT2D eigenvalue weighted by Gasteiger charge is -2.08. The minimum absolute atomic E-state index is 0.153. The van der Waals surface area contributed by atoms with Crippen LogP contribution in [-0.4, -0.2) is 37.0 Å². The molecule has 0 unspecified atom stereocenters. The van der Waals surface area contributed by atoms with Crippen molar-refractivity contribution in [3.63, 3.8) is 0 Å². The summed E-state index contributed by atoms with van der Waals surface area (Å²) in [4.78, 5) is 17.5. The van der Waals surface area contributed by atoms with E-state index < -0.39 is 10.0 Å². The van der Waals surface area contributed by atoms with Gasteiger partial charge >= 0.3 is 0 Å². The molecule has 3 rings (SSSR count). The summed E-state index contributed by atoms with van der Waals surface area (Å²) in [7, 11) is -3.59. The van der Waals surface area contributed by atoms with Gasteiger partial charge < -0.3 is 9.88 Å². The third-order valence-corrected chi connectivity index (χ3v) is 6.77. The second kappa shape index (κ2) is 10.3. The number of rotatable bonds is 11. The molecular formula is C20H24N4O3S2. The van der Waals surface area contributed by atoms with Crippen LogP contribution >= 0.6 is 11.3 Å². The number of carbonyl (C=O) groups is 1. The second-order valence-corrected chi connectivity index (χ2v) is 9.31. The Kier molecular flexibility index (Phi) is 7.56. The van der Waals surface area contributed by atoms with Crippen molar-refractivity contribution < 1.29 is 13.2 Å². The number of benzene rings is 1. The number of nitrogens with one attached hydrogen (secondary N) is 2. The van der Waals surface area contributed by atoms with Crippen LogP contribution in [-0.2, 0) is 23.0 Å². The first-order chi connectivity index (χ1) is 14.0. The first-order valence-electron chi connectivity index (χ1n) is 9.41. The van der Waals surface area contributed by atoms with Crippen LogP contribution in [0.15, 0.2) is 65.4 Å². The van der Waals surface area contributed by atoms with E-state index in [1.54, 1.807) is 23.9 Å². The summed E-state index contributed by atoms with van der Waals surface area (Å²) in [6, 6.07) is 9.91. The molecule has 0 spiro atoms. The van der Waals surface area contributed by atoms with E-state index >= 15 is 0 Å². The predicted octanol–water partition coefficient (Wildman–Crippen LogP) is 2.68. The molecule has 29 heavy (non-hydrogen) atoms. The molecule has 0 aliphatic carbocycles. The zero-order chi connectivity index (χ0) is 20.5. The highest BCUT2D eigenvalue weighted by Crippen LogP contribution is 2.12. The Labute approximate surface area is 174 Å². The zero-order valence-electron chi connectivity index (χ0n) is 16.0. The maximum atomic E-state index is 12.4. The Bertz CT molecular complexity index is 983.